The Morgan fingerprint density at radius 1 is 1.67 bits per heavy atom. The lowest BCUT2D eigenvalue weighted by molar-refractivity contribution is -0.127. The maximum atomic E-state index is 11.0. The van der Waals surface area contributed by atoms with Gasteiger partial charge in [-0.15, -0.1) is 0 Å². The van der Waals surface area contributed by atoms with Crippen molar-refractivity contribution >= 4 is 5.91 Å². The molecule has 12 heavy (non-hydrogen) atoms. The van der Waals surface area contributed by atoms with E-state index in [9.17, 15) is 4.79 Å². The third kappa shape index (κ3) is 2.48. The van der Waals surface area contributed by atoms with E-state index in [-0.39, 0.29) is 5.91 Å². The second-order valence-corrected chi connectivity index (χ2v) is 3.40. The quantitative estimate of drug-likeness (QED) is 0.673. The van der Waals surface area contributed by atoms with Crippen LogP contribution in [-0.4, -0.2) is 36.5 Å². The molecule has 70 valence electrons. The van der Waals surface area contributed by atoms with Crippen molar-refractivity contribution in [3.8, 4) is 0 Å². The van der Waals surface area contributed by atoms with Gasteiger partial charge in [0, 0.05) is 26.1 Å². The van der Waals surface area contributed by atoms with Crippen molar-refractivity contribution < 1.29 is 4.79 Å². The van der Waals surface area contributed by atoms with Gasteiger partial charge in [-0.05, 0) is 19.4 Å². The van der Waals surface area contributed by atoms with E-state index < -0.39 is 0 Å². The average molecular weight is 170 g/mol. The zero-order chi connectivity index (χ0) is 8.97. The van der Waals surface area contributed by atoms with E-state index in [0.717, 1.165) is 32.5 Å². The number of carbonyl (C=O) groups is 1. The minimum absolute atomic E-state index is 0.204. The topological polar surface area (TPSA) is 32.3 Å². The first-order valence-electron chi connectivity index (χ1n) is 4.73. The Bertz CT molecular complexity index is 159. The van der Waals surface area contributed by atoms with Crippen molar-refractivity contribution in [1.29, 1.82) is 0 Å². The van der Waals surface area contributed by atoms with Gasteiger partial charge in [0.2, 0.25) is 5.91 Å². The number of rotatable bonds is 3. The molecule has 1 heterocycles. The van der Waals surface area contributed by atoms with E-state index in [0.29, 0.717) is 6.04 Å². The van der Waals surface area contributed by atoms with Gasteiger partial charge in [0.1, 0.15) is 0 Å². The normalized spacial score (nSPS) is 23.2. The summed E-state index contributed by atoms with van der Waals surface area (Å²) in [6.45, 7) is 6.69. The number of amides is 1. The maximum Gasteiger partial charge on any atom is 0.219 e. The molecule has 1 aliphatic rings. The van der Waals surface area contributed by atoms with Crippen molar-refractivity contribution in [2.24, 2.45) is 0 Å². The van der Waals surface area contributed by atoms with Gasteiger partial charge < -0.3 is 10.2 Å². The van der Waals surface area contributed by atoms with Crippen LogP contribution in [0.15, 0.2) is 0 Å². The predicted molar refractivity (Wildman–Crippen MR) is 49.0 cm³/mol. The molecule has 0 aromatic carbocycles. The first kappa shape index (κ1) is 9.52. The van der Waals surface area contributed by atoms with E-state index in [1.165, 1.54) is 0 Å². The van der Waals surface area contributed by atoms with Gasteiger partial charge >= 0.3 is 0 Å². The molecule has 3 nitrogen and oxygen atoms in total. The highest BCUT2D eigenvalue weighted by atomic mass is 16.2. The fourth-order valence-corrected chi connectivity index (χ4v) is 1.56. The summed E-state index contributed by atoms with van der Waals surface area (Å²) in [6.07, 6.45) is 2.27. The van der Waals surface area contributed by atoms with Gasteiger partial charge in [-0.3, -0.25) is 4.79 Å². The molecule has 0 aromatic rings. The molecule has 0 spiro atoms. The summed E-state index contributed by atoms with van der Waals surface area (Å²) in [6, 6.07) is 0.536. The van der Waals surface area contributed by atoms with Gasteiger partial charge in [0.25, 0.3) is 0 Å². The largest absolute Gasteiger partial charge is 0.341 e. The zero-order valence-electron chi connectivity index (χ0n) is 7.97. The molecular formula is C9H18N2O. The molecule has 1 amide bonds. The minimum Gasteiger partial charge on any atom is -0.341 e. The molecule has 0 radical (unpaired) electrons. The number of hydrogen-bond donors (Lipinski definition) is 1. The molecule has 1 aliphatic heterocycles. The highest BCUT2D eigenvalue weighted by molar-refractivity contribution is 5.73. The lowest BCUT2D eigenvalue weighted by atomic mass is 10.2. The first-order chi connectivity index (χ1) is 5.74. The molecule has 1 unspecified atom stereocenters. The molecule has 0 aliphatic carbocycles. The summed E-state index contributed by atoms with van der Waals surface area (Å²) in [5.74, 6) is 0.204. The third-order valence-electron chi connectivity index (χ3n) is 2.32. The summed E-state index contributed by atoms with van der Waals surface area (Å²) in [5, 5.41) is 3.42. The summed E-state index contributed by atoms with van der Waals surface area (Å²) < 4.78 is 0. The molecule has 3 heteroatoms. The van der Waals surface area contributed by atoms with Gasteiger partial charge in [-0.1, -0.05) is 6.92 Å². The lowest BCUT2D eigenvalue weighted by Gasteiger charge is -2.14. The van der Waals surface area contributed by atoms with Gasteiger partial charge in [-0.2, -0.15) is 0 Å². The van der Waals surface area contributed by atoms with E-state index in [1.54, 1.807) is 6.92 Å². The van der Waals surface area contributed by atoms with Crippen molar-refractivity contribution in [1.82, 2.24) is 10.2 Å². The Hall–Kier alpha value is -0.570. The molecule has 1 atom stereocenters. The molecule has 1 rings (SSSR count). The predicted octanol–water partition coefficient (Wildman–Crippen LogP) is 0.607. The van der Waals surface area contributed by atoms with Crippen molar-refractivity contribution in [2.75, 3.05) is 19.6 Å². The van der Waals surface area contributed by atoms with Crippen LogP contribution in [0.4, 0.5) is 0 Å². The molecular weight excluding hydrogens is 152 g/mol. The van der Waals surface area contributed by atoms with Crippen molar-refractivity contribution in [3.05, 3.63) is 0 Å². The second kappa shape index (κ2) is 4.45. The molecule has 1 saturated heterocycles. The fraction of sp³-hybridized carbons (Fsp3) is 0.889. The maximum absolute atomic E-state index is 11.0. The summed E-state index contributed by atoms with van der Waals surface area (Å²) in [5.41, 5.74) is 0. The Labute approximate surface area is 74.1 Å². The Balaban J connectivity index is 2.21. The summed E-state index contributed by atoms with van der Waals surface area (Å²) >= 11 is 0. The fourth-order valence-electron chi connectivity index (χ4n) is 1.56. The smallest absolute Gasteiger partial charge is 0.219 e. The zero-order valence-corrected chi connectivity index (χ0v) is 7.97. The van der Waals surface area contributed by atoms with Crippen molar-refractivity contribution in [3.63, 3.8) is 0 Å². The summed E-state index contributed by atoms with van der Waals surface area (Å²) in [7, 11) is 0. The van der Waals surface area contributed by atoms with Gasteiger partial charge in [0.05, 0.1) is 0 Å². The van der Waals surface area contributed by atoms with Crippen LogP contribution in [0.2, 0.25) is 0 Å². The average Bonchev–Trinajstić information content (AvgIpc) is 2.48. The lowest BCUT2D eigenvalue weighted by Crippen LogP contribution is -2.34. The van der Waals surface area contributed by atoms with Crippen LogP contribution in [0, 0.1) is 0 Å². The van der Waals surface area contributed by atoms with Crippen LogP contribution in [0.25, 0.3) is 0 Å². The van der Waals surface area contributed by atoms with Crippen LogP contribution in [0.3, 0.4) is 0 Å². The SMILES string of the molecule is CCCNC1CCN(C(C)=O)C1. The molecule has 1 fully saturated rings. The Morgan fingerprint density at radius 3 is 2.92 bits per heavy atom. The Morgan fingerprint density at radius 2 is 2.42 bits per heavy atom. The van der Waals surface area contributed by atoms with E-state index >= 15 is 0 Å². The minimum atomic E-state index is 0.204. The number of hydrogen-bond acceptors (Lipinski definition) is 2. The standard InChI is InChI=1S/C9H18N2O/c1-3-5-10-9-4-6-11(7-9)8(2)12/h9-10H,3-7H2,1-2H3. The van der Waals surface area contributed by atoms with Crippen LogP contribution < -0.4 is 5.32 Å². The molecule has 0 bridgehead atoms. The number of carbonyl (C=O) groups excluding carboxylic acids is 1. The van der Waals surface area contributed by atoms with Gasteiger partial charge in [-0.25, -0.2) is 0 Å². The molecule has 0 saturated carbocycles. The first-order valence-corrected chi connectivity index (χ1v) is 4.73. The number of nitrogens with zero attached hydrogens (tertiary/aromatic N) is 1. The van der Waals surface area contributed by atoms with Crippen LogP contribution in [-0.2, 0) is 4.79 Å². The number of nitrogens with one attached hydrogen (secondary N) is 1. The van der Waals surface area contributed by atoms with Crippen LogP contribution in [0.1, 0.15) is 26.7 Å². The third-order valence-corrected chi connectivity index (χ3v) is 2.32. The second-order valence-electron chi connectivity index (χ2n) is 3.40. The molecule has 1 N–H and O–H groups in total. The van der Waals surface area contributed by atoms with E-state index in [4.69, 9.17) is 0 Å². The van der Waals surface area contributed by atoms with E-state index in [1.807, 2.05) is 4.90 Å². The number of likely N-dealkylation sites (tertiary alicyclic amines) is 1. The highest BCUT2D eigenvalue weighted by Crippen LogP contribution is 2.08. The highest BCUT2D eigenvalue weighted by Gasteiger charge is 2.22. The van der Waals surface area contributed by atoms with Crippen LogP contribution in [0.5, 0.6) is 0 Å². The molecule has 0 aromatic heterocycles. The summed E-state index contributed by atoms with van der Waals surface area (Å²) in [4.78, 5) is 12.9. The van der Waals surface area contributed by atoms with Crippen molar-refractivity contribution in [2.45, 2.75) is 32.7 Å². The van der Waals surface area contributed by atoms with Gasteiger partial charge in [0.15, 0.2) is 0 Å². The van der Waals surface area contributed by atoms with Crippen LogP contribution >= 0.6 is 0 Å². The Kier molecular flexibility index (Phi) is 3.53. The van der Waals surface area contributed by atoms with E-state index in [2.05, 4.69) is 12.2 Å². The monoisotopic (exact) mass is 170 g/mol.